The van der Waals surface area contributed by atoms with Crippen LogP contribution in [-0.2, 0) is 9.47 Å². The van der Waals surface area contributed by atoms with E-state index in [1.807, 2.05) is 13.8 Å². The fourth-order valence-electron chi connectivity index (χ4n) is 4.48. The molecule has 0 aliphatic rings. The molecule has 0 aromatic carbocycles. The first-order valence-corrected chi connectivity index (χ1v) is 15.6. The van der Waals surface area contributed by atoms with Crippen molar-refractivity contribution in [3.8, 4) is 0 Å². The normalized spacial score (nSPS) is 11.8. The van der Waals surface area contributed by atoms with Gasteiger partial charge < -0.3 is 19.9 Å². The van der Waals surface area contributed by atoms with Crippen LogP contribution in [0.4, 0.5) is 4.79 Å². The number of carbonyl (C=O) groups excluding carboxylic acids is 1. The van der Waals surface area contributed by atoms with Crippen molar-refractivity contribution in [1.82, 2.24) is 5.32 Å². The van der Waals surface area contributed by atoms with Crippen LogP contribution < -0.4 is 5.32 Å². The molecule has 216 valence electrons. The van der Waals surface area contributed by atoms with Crippen LogP contribution in [-0.4, -0.2) is 42.7 Å². The van der Waals surface area contributed by atoms with Gasteiger partial charge in [0, 0.05) is 13.2 Å². The van der Waals surface area contributed by atoms with Crippen LogP contribution >= 0.6 is 0 Å². The fraction of sp³-hybridized carbons (Fsp3) is 0.968. The van der Waals surface area contributed by atoms with Gasteiger partial charge in [0.05, 0.1) is 12.2 Å². The lowest BCUT2D eigenvalue weighted by Crippen LogP contribution is -2.32. The highest BCUT2D eigenvalue weighted by atomic mass is 16.6. The molecule has 0 aromatic heterocycles. The SMILES string of the molecule is CCCCCCCCCCCC(CCCCCCCCCCC)OC(=O)NCCCOC(C)(C)CO. The Kier molecular flexibility index (Phi) is 25.2. The van der Waals surface area contributed by atoms with Crippen LogP contribution in [0.25, 0.3) is 0 Å². The van der Waals surface area contributed by atoms with Gasteiger partial charge in [-0.1, -0.05) is 117 Å². The lowest BCUT2D eigenvalue weighted by Gasteiger charge is -2.22. The van der Waals surface area contributed by atoms with Gasteiger partial charge in [0.1, 0.15) is 6.10 Å². The van der Waals surface area contributed by atoms with Gasteiger partial charge in [-0.25, -0.2) is 4.79 Å². The van der Waals surface area contributed by atoms with E-state index in [1.54, 1.807) is 0 Å². The average molecular weight is 514 g/mol. The summed E-state index contributed by atoms with van der Waals surface area (Å²) in [6.07, 6.45) is 26.0. The molecule has 0 fully saturated rings. The summed E-state index contributed by atoms with van der Waals surface area (Å²) in [5, 5.41) is 12.1. The fourth-order valence-corrected chi connectivity index (χ4v) is 4.48. The van der Waals surface area contributed by atoms with Gasteiger partial charge in [-0.15, -0.1) is 0 Å². The zero-order valence-corrected chi connectivity index (χ0v) is 24.7. The molecule has 0 atom stereocenters. The third kappa shape index (κ3) is 24.9. The highest BCUT2D eigenvalue weighted by Crippen LogP contribution is 2.18. The second-order valence-electron chi connectivity index (χ2n) is 11.3. The molecular formula is C31H63NO4. The minimum Gasteiger partial charge on any atom is -0.446 e. The van der Waals surface area contributed by atoms with E-state index in [4.69, 9.17) is 9.47 Å². The zero-order chi connectivity index (χ0) is 26.7. The van der Waals surface area contributed by atoms with Gasteiger partial charge in [-0.05, 0) is 46.0 Å². The molecule has 2 N–H and O–H groups in total. The third-order valence-corrected chi connectivity index (χ3v) is 7.00. The Bertz CT molecular complexity index is 447. The van der Waals surface area contributed by atoms with Gasteiger partial charge in [-0.2, -0.15) is 0 Å². The van der Waals surface area contributed by atoms with Crippen LogP contribution in [0.15, 0.2) is 0 Å². The maximum Gasteiger partial charge on any atom is 0.407 e. The highest BCUT2D eigenvalue weighted by Gasteiger charge is 2.17. The van der Waals surface area contributed by atoms with Crippen molar-refractivity contribution in [3.63, 3.8) is 0 Å². The van der Waals surface area contributed by atoms with Crippen molar-refractivity contribution < 1.29 is 19.4 Å². The summed E-state index contributed by atoms with van der Waals surface area (Å²) in [6.45, 7) is 9.28. The first-order chi connectivity index (χ1) is 17.4. The second kappa shape index (κ2) is 25.8. The summed E-state index contributed by atoms with van der Waals surface area (Å²) in [6, 6.07) is 0. The molecule has 0 bridgehead atoms. The van der Waals surface area contributed by atoms with Gasteiger partial charge in [0.25, 0.3) is 0 Å². The Morgan fingerprint density at radius 2 is 1.11 bits per heavy atom. The van der Waals surface area contributed by atoms with Crippen LogP contribution in [0.1, 0.15) is 163 Å². The quantitative estimate of drug-likeness (QED) is 0.107. The standard InChI is InChI=1S/C31H63NO4/c1-5-7-9-11-13-15-17-19-21-24-29(25-22-20-18-16-14-12-10-8-6-2)36-30(34)32-26-23-27-35-31(3,4)28-33/h29,33H,5-28H2,1-4H3,(H,32,34). The lowest BCUT2D eigenvalue weighted by molar-refractivity contribution is -0.0539. The number of carbonyl (C=O) groups is 1. The second-order valence-corrected chi connectivity index (χ2v) is 11.3. The number of rotatable bonds is 27. The molecular weight excluding hydrogens is 450 g/mol. The molecule has 5 nitrogen and oxygen atoms in total. The molecule has 5 heteroatoms. The Balaban J connectivity index is 4.14. The van der Waals surface area contributed by atoms with E-state index in [1.165, 1.54) is 103 Å². The monoisotopic (exact) mass is 513 g/mol. The molecule has 0 radical (unpaired) electrons. The van der Waals surface area contributed by atoms with E-state index in [0.29, 0.717) is 19.6 Å². The van der Waals surface area contributed by atoms with Crippen LogP contribution in [0.5, 0.6) is 0 Å². The Morgan fingerprint density at radius 1 is 0.694 bits per heavy atom. The van der Waals surface area contributed by atoms with Gasteiger partial charge in [0.2, 0.25) is 0 Å². The topological polar surface area (TPSA) is 67.8 Å². The first kappa shape index (κ1) is 35.2. The van der Waals surface area contributed by atoms with E-state index in [9.17, 15) is 9.90 Å². The molecule has 0 heterocycles. The van der Waals surface area contributed by atoms with Crippen LogP contribution in [0.3, 0.4) is 0 Å². The maximum absolute atomic E-state index is 12.4. The number of hydrogen-bond donors (Lipinski definition) is 2. The zero-order valence-electron chi connectivity index (χ0n) is 24.7. The van der Waals surface area contributed by atoms with Crippen molar-refractivity contribution in [2.24, 2.45) is 0 Å². The highest BCUT2D eigenvalue weighted by molar-refractivity contribution is 5.67. The number of amides is 1. The predicted molar refractivity (Wildman–Crippen MR) is 154 cm³/mol. The number of ether oxygens (including phenoxy) is 2. The van der Waals surface area contributed by atoms with E-state index in [0.717, 1.165) is 25.7 Å². The van der Waals surface area contributed by atoms with Gasteiger partial charge >= 0.3 is 6.09 Å². The van der Waals surface area contributed by atoms with Crippen molar-refractivity contribution in [3.05, 3.63) is 0 Å². The molecule has 0 saturated heterocycles. The molecule has 0 rings (SSSR count). The Hall–Kier alpha value is -0.810. The molecule has 36 heavy (non-hydrogen) atoms. The van der Waals surface area contributed by atoms with Crippen molar-refractivity contribution in [1.29, 1.82) is 0 Å². The van der Waals surface area contributed by atoms with Crippen molar-refractivity contribution in [2.75, 3.05) is 19.8 Å². The first-order valence-electron chi connectivity index (χ1n) is 15.6. The van der Waals surface area contributed by atoms with Crippen molar-refractivity contribution >= 4 is 6.09 Å². The maximum atomic E-state index is 12.4. The smallest absolute Gasteiger partial charge is 0.407 e. The molecule has 0 spiro atoms. The molecule has 0 saturated carbocycles. The third-order valence-electron chi connectivity index (χ3n) is 7.00. The Morgan fingerprint density at radius 3 is 1.53 bits per heavy atom. The summed E-state index contributed by atoms with van der Waals surface area (Å²) < 4.78 is 11.5. The number of alkyl carbamates (subject to hydrolysis) is 1. The van der Waals surface area contributed by atoms with E-state index in [2.05, 4.69) is 19.2 Å². The van der Waals surface area contributed by atoms with Gasteiger partial charge in [-0.3, -0.25) is 0 Å². The number of unbranched alkanes of at least 4 members (excludes halogenated alkanes) is 16. The van der Waals surface area contributed by atoms with Crippen LogP contribution in [0.2, 0.25) is 0 Å². The summed E-state index contributed by atoms with van der Waals surface area (Å²) in [4.78, 5) is 12.4. The molecule has 0 aliphatic heterocycles. The average Bonchev–Trinajstić information content (AvgIpc) is 2.86. The van der Waals surface area contributed by atoms with E-state index < -0.39 is 5.60 Å². The van der Waals surface area contributed by atoms with Crippen molar-refractivity contribution in [2.45, 2.75) is 174 Å². The molecule has 0 aliphatic carbocycles. The molecule has 0 aromatic rings. The number of hydrogen-bond acceptors (Lipinski definition) is 4. The predicted octanol–water partition coefficient (Wildman–Crippen LogP) is 9.10. The summed E-state index contributed by atoms with van der Waals surface area (Å²) >= 11 is 0. The number of aliphatic hydroxyl groups excluding tert-OH is 1. The molecule has 1 amide bonds. The summed E-state index contributed by atoms with van der Waals surface area (Å²) in [7, 11) is 0. The Labute approximate surface area is 224 Å². The molecule has 0 unspecified atom stereocenters. The minimum absolute atomic E-state index is 0.0120. The van der Waals surface area contributed by atoms with E-state index >= 15 is 0 Å². The van der Waals surface area contributed by atoms with E-state index in [-0.39, 0.29) is 18.8 Å². The number of aliphatic hydroxyl groups is 1. The number of nitrogens with one attached hydrogen (secondary N) is 1. The largest absolute Gasteiger partial charge is 0.446 e. The minimum atomic E-state index is -0.531. The van der Waals surface area contributed by atoms with Crippen LogP contribution in [0, 0.1) is 0 Å². The summed E-state index contributed by atoms with van der Waals surface area (Å²) in [5.41, 5.74) is -0.531. The van der Waals surface area contributed by atoms with Gasteiger partial charge in [0.15, 0.2) is 0 Å². The lowest BCUT2D eigenvalue weighted by atomic mass is 10.0. The summed E-state index contributed by atoms with van der Waals surface area (Å²) in [5.74, 6) is 0.